The van der Waals surface area contributed by atoms with Crippen LogP contribution in [-0.2, 0) is 0 Å². The highest BCUT2D eigenvalue weighted by molar-refractivity contribution is 5.58. The molecule has 2 rings (SSSR count). The van der Waals surface area contributed by atoms with Gasteiger partial charge in [0.1, 0.15) is 0 Å². The van der Waals surface area contributed by atoms with Crippen LogP contribution in [0, 0.1) is 0 Å². The first-order valence-corrected chi connectivity index (χ1v) is 7.39. The van der Waals surface area contributed by atoms with Gasteiger partial charge in [0, 0.05) is 0 Å². The quantitative estimate of drug-likeness (QED) is 0.773. The van der Waals surface area contributed by atoms with E-state index in [1.54, 1.807) is 24.3 Å². The molecular weight excluding hydrogens is 304 g/mol. The summed E-state index contributed by atoms with van der Waals surface area (Å²) in [4.78, 5) is 0. The van der Waals surface area contributed by atoms with Crippen molar-refractivity contribution in [3.8, 4) is 23.0 Å². The fourth-order valence-electron chi connectivity index (χ4n) is 2.08. The largest absolute Gasteiger partial charge is 0.504 e. The maximum absolute atomic E-state index is 9.70. The Hall–Kier alpha value is -3.14. The van der Waals surface area contributed by atoms with E-state index >= 15 is 0 Å². The van der Waals surface area contributed by atoms with Gasteiger partial charge in [-0.2, -0.15) is 0 Å². The van der Waals surface area contributed by atoms with Gasteiger partial charge in [0.2, 0.25) is 0 Å². The Bertz CT molecular complexity index is 708. The zero-order chi connectivity index (χ0) is 17.4. The molecule has 0 amide bonds. The fourth-order valence-corrected chi connectivity index (χ4v) is 2.08. The Balaban J connectivity index is 1.94. The Labute approximate surface area is 141 Å². The summed E-state index contributed by atoms with van der Waals surface area (Å²) in [5.74, 6) is 1.13. The fraction of sp³-hybridized carbons (Fsp3) is 0.100. The summed E-state index contributed by atoms with van der Waals surface area (Å²) >= 11 is 0. The van der Waals surface area contributed by atoms with Crippen LogP contribution < -0.4 is 9.47 Å². The molecule has 0 spiro atoms. The van der Waals surface area contributed by atoms with Gasteiger partial charge in [-0.1, -0.05) is 48.6 Å². The molecule has 0 aromatic heterocycles. The van der Waals surface area contributed by atoms with Gasteiger partial charge >= 0.3 is 0 Å². The van der Waals surface area contributed by atoms with Crippen LogP contribution in [0.15, 0.2) is 60.7 Å². The minimum atomic E-state index is 0.114. The summed E-state index contributed by atoms with van der Waals surface area (Å²) in [6.07, 6.45) is 11.3. The van der Waals surface area contributed by atoms with Crippen molar-refractivity contribution in [2.24, 2.45) is 0 Å². The number of ether oxygens (including phenoxy) is 2. The average Bonchev–Trinajstić information content (AvgIpc) is 2.58. The molecule has 2 N–H and O–H groups in total. The number of aromatic hydroxyl groups is 2. The SMILES string of the molecule is COc1ccc(/C=C/C=C/C=C/c2ccc(OC)c(O)c2)cc1O. The predicted octanol–water partition coefficient (Wildman–Crippen LogP) is 4.40. The molecule has 0 unspecified atom stereocenters. The standard InChI is InChI=1S/C20H20O4/c1-23-19-11-9-15(13-17(19)21)7-5-3-4-6-8-16-10-12-20(24-2)18(22)14-16/h3-14,21-22H,1-2H3/b4-3+,7-5+,8-6+. The van der Waals surface area contributed by atoms with Crippen molar-refractivity contribution >= 4 is 12.2 Å². The average molecular weight is 324 g/mol. The second-order valence-corrected chi connectivity index (χ2v) is 4.97. The lowest BCUT2D eigenvalue weighted by Crippen LogP contribution is -1.83. The number of benzene rings is 2. The van der Waals surface area contributed by atoms with Crippen molar-refractivity contribution in [1.29, 1.82) is 0 Å². The van der Waals surface area contributed by atoms with E-state index in [-0.39, 0.29) is 11.5 Å². The summed E-state index contributed by atoms with van der Waals surface area (Å²) < 4.78 is 10.00. The van der Waals surface area contributed by atoms with Crippen molar-refractivity contribution in [3.63, 3.8) is 0 Å². The molecule has 4 heteroatoms. The van der Waals surface area contributed by atoms with E-state index in [9.17, 15) is 10.2 Å². The number of hydrogen-bond acceptors (Lipinski definition) is 4. The van der Waals surface area contributed by atoms with E-state index in [0.717, 1.165) is 11.1 Å². The Morgan fingerprint density at radius 3 is 1.42 bits per heavy atom. The van der Waals surface area contributed by atoms with Gasteiger partial charge in [0.25, 0.3) is 0 Å². The molecule has 0 aliphatic carbocycles. The van der Waals surface area contributed by atoms with Crippen LogP contribution in [0.2, 0.25) is 0 Å². The molecular formula is C20H20O4. The van der Waals surface area contributed by atoms with Crippen LogP contribution in [-0.4, -0.2) is 24.4 Å². The van der Waals surface area contributed by atoms with Gasteiger partial charge in [0.15, 0.2) is 23.0 Å². The molecule has 0 saturated heterocycles. The van der Waals surface area contributed by atoms with E-state index in [1.165, 1.54) is 14.2 Å². The lowest BCUT2D eigenvalue weighted by atomic mass is 10.1. The first-order chi connectivity index (χ1) is 11.6. The minimum absolute atomic E-state index is 0.114. The zero-order valence-corrected chi connectivity index (χ0v) is 13.6. The molecule has 2 aromatic carbocycles. The van der Waals surface area contributed by atoms with Crippen LogP contribution in [0.5, 0.6) is 23.0 Å². The van der Waals surface area contributed by atoms with Crippen molar-refractivity contribution in [3.05, 3.63) is 71.8 Å². The van der Waals surface area contributed by atoms with E-state index < -0.39 is 0 Å². The number of hydrogen-bond donors (Lipinski definition) is 2. The third-order valence-electron chi connectivity index (χ3n) is 3.32. The first-order valence-electron chi connectivity index (χ1n) is 7.39. The number of phenols is 2. The van der Waals surface area contributed by atoms with Crippen molar-refractivity contribution in [1.82, 2.24) is 0 Å². The van der Waals surface area contributed by atoms with E-state index in [1.807, 2.05) is 48.6 Å². The first kappa shape index (κ1) is 17.2. The molecule has 0 bridgehead atoms. The molecule has 0 aliphatic rings. The van der Waals surface area contributed by atoms with E-state index in [2.05, 4.69) is 0 Å². The normalized spacial score (nSPS) is 11.6. The zero-order valence-electron chi connectivity index (χ0n) is 13.6. The Kier molecular flexibility index (Phi) is 6.08. The van der Waals surface area contributed by atoms with Gasteiger partial charge in [-0.05, 0) is 35.4 Å². The molecule has 0 aliphatic heterocycles. The molecule has 24 heavy (non-hydrogen) atoms. The summed E-state index contributed by atoms with van der Waals surface area (Å²) in [7, 11) is 3.03. The van der Waals surface area contributed by atoms with Gasteiger partial charge in [-0.15, -0.1) is 0 Å². The highest BCUT2D eigenvalue weighted by Gasteiger charge is 2.00. The van der Waals surface area contributed by atoms with Crippen LogP contribution in [0.25, 0.3) is 12.2 Å². The summed E-state index contributed by atoms with van der Waals surface area (Å²) in [6.45, 7) is 0. The maximum Gasteiger partial charge on any atom is 0.160 e. The lowest BCUT2D eigenvalue weighted by molar-refractivity contribution is 0.373. The van der Waals surface area contributed by atoms with Gasteiger partial charge in [0.05, 0.1) is 14.2 Å². The highest BCUT2D eigenvalue weighted by Crippen LogP contribution is 2.27. The monoisotopic (exact) mass is 324 g/mol. The highest BCUT2D eigenvalue weighted by atomic mass is 16.5. The molecule has 0 atom stereocenters. The van der Waals surface area contributed by atoms with Crippen molar-refractivity contribution < 1.29 is 19.7 Å². The Morgan fingerprint density at radius 1 is 0.667 bits per heavy atom. The molecule has 4 nitrogen and oxygen atoms in total. The third-order valence-corrected chi connectivity index (χ3v) is 3.32. The van der Waals surface area contributed by atoms with E-state index in [0.29, 0.717) is 11.5 Å². The molecule has 0 radical (unpaired) electrons. The maximum atomic E-state index is 9.70. The molecule has 2 aromatic rings. The summed E-state index contributed by atoms with van der Waals surface area (Å²) in [6, 6.07) is 10.4. The molecule has 0 heterocycles. The topological polar surface area (TPSA) is 58.9 Å². The minimum Gasteiger partial charge on any atom is -0.504 e. The van der Waals surface area contributed by atoms with Crippen LogP contribution >= 0.6 is 0 Å². The molecule has 0 fully saturated rings. The number of rotatable bonds is 6. The van der Waals surface area contributed by atoms with Crippen LogP contribution in [0.3, 0.4) is 0 Å². The predicted molar refractivity (Wildman–Crippen MR) is 96.5 cm³/mol. The summed E-state index contributed by atoms with van der Waals surface area (Å²) in [5, 5.41) is 19.4. The number of phenolic OH excluding ortho intramolecular Hbond substituents is 2. The smallest absolute Gasteiger partial charge is 0.160 e. The Morgan fingerprint density at radius 2 is 1.08 bits per heavy atom. The van der Waals surface area contributed by atoms with Gasteiger partial charge in [-0.25, -0.2) is 0 Å². The lowest BCUT2D eigenvalue weighted by Gasteiger charge is -2.03. The third kappa shape index (κ3) is 4.68. The number of allylic oxidation sites excluding steroid dienone is 4. The van der Waals surface area contributed by atoms with E-state index in [4.69, 9.17) is 9.47 Å². The van der Waals surface area contributed by atoms with Gasteiger partial charge in [-0.3, -0.25) is 0 Å². The van der Waals surface area contributed by atoms with Crippen LogP contribution in [0.1, 0.15) is 11.1 Å². The van der Waals surface area contributed by atoms with Crippen LogP contribution in [0.4, 0.5) is 0 Å². The second kappa shape index (κ2) is 8.48. The second-order valence-electron chi connectivity index (χ2n) is 4.97. The molecule has 0 saturated carbocycles. The van der Waals surface area contributed by atoms with Crippen molar-refractivity contribution in [2.45, 2.75) is 0 Å². The summed E-state index contributed by atoms with van der Waals surface area (Å²) in [5.41, 5.74) is 1.75. The van der Waals surface area contributed by atoms with Gasteiger partial charge < -0.3 is 19.7 Å². The molecule has 124 valence electrons. The van der Waals surface area contributed by atoms with Crippen molar-refractivity contribution in [2.75, 3.05) is 14.2 Å². The number of methoxy groups -OCH3 is 2.